The first-order valence-corrected chi connectivity index (χ1v) is 12.7. The van der Waals surface area contributed by atoms with Gasteiger partial charge in [0.2, 0.25) is 5.88 Å². The van der Waals surface area contributed by atoms with E-state index in [1.807, 2.05) is 48.5 Å². The van der Waals surface area contributed by atoms with Gasteiger partial charge in [0.1, 0.15) is 24.6 Å². The fourth-order valence-electron chi connectivity index (χ4n) is 4.73. The summed E-state index contributed by atoms with van der Waals surface area (Å²) in [4.78, 5) is 12.6. The van der Waals surface area contributed by atoms with E-state index in [0.29, 0.717) is 11.9 Å². The number of halogens is 1. The van der Waals surface area contributed by atoms with Gasteiger partial charge in [0.15, 0.2) is 28.9 Å². The Morgan fingerprint density at radius 1 is 1.05 bits per heavy atom. The second-order valence-corrected chi connectivity index (χ2v) is 9.96. The molecule has 0 radical (unpaired) electrons. The van der Waals surface area contributed by atoms with Gasteiger partial charge >= 0.3 is 0 Å². The zero-order valence-electron chi connectivity index (χ0n) is 20.2. The Morgan fingerprint density at radius 2 is 1.85 bits per heavy atom. The molecule has 6 rings (SSSR count). The van der Waals surface area contributed by atoms with Crippen molar-refractivity contribution in [2.75, 3.05) is 12.3 Å². The van der Waals surface area contributed by atoms with Crippen molar-refractivity contribution >= 4 is 55.5 Å². The smallest absolute Gasteiger partial charge is 0.254 e. The minimum Gasteiger partial charge on any atom is -0.493 e. The molecule has 4 unspecified atom stereocenters. The zero-order valence-corrected chi connectivity index (χ0v) is 21.8. The second kappa shape index (κ2) is 9.98. The Labute approximate surface area is 229 Å². The van der Waals surface area contributed by atoms with E-state index in [1.54, 1.807) is 4.57 Å². The van der Waals surface area contributed by atoms with E-state index in [-0.39, 0.29) is 34.5 Å². The highest BCUT2D eigenvalue weighted by molar-refractivity contribution is 9.10. The van der Waals surface area contributed by atoms with Gasteiger partial charge in [0.25, 0.3) is 5.95 Å². The number of nitrogens with zero attached hydrogens (tertiary/aromatic N) is 7. The van der Waals surface area contributed by atoms with Crippen molar-refractivity contribution in [1.82, 2.24) is 24.1 Å². The second-order valence-electron chi connectivity index (χ2n) is 9.05. The van der Waals surface area contributed by atoms with Crippen LogP contribution in [0.2, 0.25) is 0 Å². The van der Waals surface area contributed by atoms with Crippen LogP contribution in [-0.2, 0) is 11.3 Å². The van der Waals surface area contributed by atoms with Crippen LogP contribution in [0.15, 0.2) is 69.6 Å². The number of nitrogen functional groups attached to an aromatic ring is 1. The molecule has 0 amide bonds. The standard InChI is InChI=1S/C25H23BrN8O5/c26-13-6-7-15-14(8-13)17(23(38)33(15)9-12-4-2-1-3-5-12)31-32-25-30-18-21(27)28-11-29-22(18)34(25)24-20(37)19(36)16(10-35)39-24/h1-8,11,16,19-20,24,35-38H,9-10H2,(H2,27,28,29). The number of hydrogen-bond donors (Lipinski definition) is 5. The van der Waals surface area contributed by atoms with E-state index in [0.717, 1.165) is 15.6 Å². The molecule has 0 bridgehead atoms. The number of ether oxygens (including phenoxy) is 1. The lowest BCUT2D eigenvalue weighted by Crippen LogP contribution is -2.33. The lowest BCUT2D eigenvalue weighted by atomic mass is 10.1. The first-order valence-electron chi connectivity index (χ1n) is 11.9. The van der Waals surface area contributed by atoms with Crippen LogP contribution < -0.4 is 5.73 Å². The molecule has 13 nitrogen and oxygen atoms in total. The number of benzene rings is 2. The van der Waals surface area contributed by atoms with E-state index in [4.69, 9.17) is 10.5 Å². The van der Waals surface area contributed by atoms with Crippen LogP contribution in [-0.4, -0.2) is 69.4 Å². The first-order chi connectivity index (χ1) is 18.9. The van der Waals surface area contributed by atoms with Crippen LogP contribution in [0.5, 0.6) is 5.88 Å². The monoisotopic (exact) mass is 594 g/mol. The summed E-state index contributed by atoms with van der Waals surface area (Å²) in [6.45, 7) is -0.119. The molecule has 2 aromatic carbocycles. The summed E-state index contributed by atoms with van der Waals surface area (Å²) in [6, 6.07) is 15.2. The van der Waals surface area contributed by atoms with Crippen molar-refractivity contribution in [2.24, 2.45) is 10.2 Å². The molecular weight excluding hydrogens is 572 g/mol. The fraction of sp³-hybridized carbons (Fsp3) is 0.240. The maximum atomic E-state index is 11.2. The summed E-state index contributed by atoms with van der Waals surface area (Å²) in [6.07, 6.45) is -3.81. The van der Waals surface area contributed by atoms with E-state index >= 15 is 0 Å². The number of fused-ring (bicyclic) bond motifs is 2. The normalized spacial score (nSPS) is 21.5. The third-order valence-electron chi connectivity index (χ3n) is 6.65. The number of aliphatic hydroxyl groups is 3. The van der Waals surface area contributed by atoms with Gasteiger partial charge in [-0.25, -0.2) is 15.0 Å². The average Bonchev–Trinajstić information content (AvgIpc) is 3.53. The quantitative estimate of drug-likeness (QED) is 0.184. The number of imidazole rings is 1. The van der Waals surface area contributed by atoms with E-state index in [2.05, 4.69) is 41.1 Å². The largest absolute Gasteiger partial charge is 0.493 e. The summed E-state index contributed by atoms with van der Waals surface area (Å²) >= 11 is 3.48. The van der Waals surface area contributed by atoms with Crippen LogP contribution >= 0.6 is 15.9 Å². The molecular formula is C25H23BrN8O5. The van der Waals surface area contributed by atoms with Gasteiger partial charge in [-0.05, 0) is 23.8 Å². The number of hydrogen-bond acceptors (Lipinski definition) is 11. The Bertz CT molecular complexity index is 1710. The van der Waals surface area contributed by atoms with Gasteiger partial charge in [0, 0.05) is 9.86 Å². The molecule has 4 heterocycles. The van der Waals surface area contributed by atoms with Crippen molar-refractivity contribution in [2.45, 2.75) is 31.1 Å². The van der Waals surface area contributed by atoms with Gasteiger partial charge < -0.3 is 35.5 Å². The van der Waals surface area contributed by atoms with Crippen molar-refractivity contribution in [3.05, 3.63) is 64.9 Å². The number of azo groups is 1. The molecule has 1 aliphatic rings. The summed E-state index contributed by atoms with van der Waals surface area (Å²) in [5.41, 5.74) is 8.29. The van der Waals surface area contributed by atoms with Gasteiger partial charge in [-0.3, -0.25) is 4.57 Å². The first kappa shape index (κ1) is 25.3. The van der Waals surface area contributed by atoms with Crippen molar-refractivity contribution in [3.63, 3.8) is 0 Å². The predicted molar refractivity (Wildman–Crippen MR) is 144 cm³/mol. The molecule has 0 aliphatic carbocycles. The van der Waals surface area contributed by atoms with Gasteiger partial charge in [-0.2, -0.15) is 0 Å². The third-order valence-corrected chi connectivity index (χ3v) is 7.15. The van der Waals surface area contributed by atoms with Gasteiger partial charge in [-0.1, -0.05) is 46.3 Å². The fourth-order valence-corrected chi connectivity index (χ4v) is 5.09. The number of aromatic hydroxyl groups is 1. The SMILES string of the molecule is Nc1ncnc2c1nc(N=Nc1c(O)n(Cc3ccccc3)c3ccc(Br)cc13)n2C1OC(CO)C(O)C1O. The van der Waals surface area contributed by atoms with Crippen molar-refractivity contribution in [3.8, 4) is 5.88 Å². The molecule has 3 aromatic heterocycles. The molecule has 1 saturated heterocycles. The van der Waals surface area contributed by atoms with Crippen molar-refractivity contribution in [1.29, 1.82) is 0 Å². The van der Waals surface area contributed by atoms with Crippen LogP contribution in [0.3, 0.4) is 0 Å². The molecule has 6 N–H and O–H groups in total. The summed E-state index contributed by atoms with van der Waals surface area (Å²) < 4.78 is 9.55. The summed E-state index contributed by atoms with van der Waals surface area (Å²) in [7, 11) is 0. The number of rotatable bonds is 6. The number of aliphatic hydroxyl groups excluding tert-OH is 3. The Balaban J connectivity index is 1.49. The molecule has 0 spiro atoms. The van der Waals surface area contributed by atoms with Crippen LogP contribution in [0.1, 0.15) is 11.8 Å². The van der Waals surface area contributed by atoms with Crippen LogP contribution in [0.4, 0.5) is 17.5 Å². The highest BCUT2D eigenvalue weighted by Gasteiger charge is 2.45. The maximum absolute atomic E-state index is 11.2. The molecule has 14 heteroatoms. The van der Waals surface area contributed by atoms with Gasteiger partial charge in [-0.15, -0.1) is 10.2 Å². The molecule has 1 aliphatic heterocycles. The predicted octanol–water partition coefficient (Wildman–Crippen LogP) is 2.91. The highest BCUT2D eigenvalue weighted by atomic mass is 79.9. The minimum atomic E-state index is -1.43. The lowest BCUT2D eigenvalue weighted by Gasteiger charge is -2.17. The maximum Gasteiger partial charge on any atom is 0.254 e. The minimum absolute atomic E-state index is 0.0631. The Morgan fingerprint density at radius 3 is 2.59 bits per heavy atom. The van der Waals surface area contributed by atoms with Crippen LogP contribution in [0.25, 0.3) is 22.1 Å². The van der Waals surface area contributed by atoms with Gasteiger partial charge in [0.05, 0.1) is 18.7 Å². The Hall–Kier alpha value is -3.95. The molecule has 200 valence electrons. The van der Waals surface area contributed by atoms with Crippen LogP contribution in [0, 0.1) is 0 Å². The summed E-state index contributed by atoms with van der Waals surface area (Å²) in [5.74, 6) is -0.107. The molecule has 1 fully saturated rings. The molecule has 0 saturated carbocycles. The van der Waals surface area contributed by atoms with Crippen molar-refractivity contribution < 1.29 is 25.2 Å². The topological polar surface area (TPSA) is 189 Å². The lowest BCUT2D eigenvalue weighted by molar-refractivity contribution is -0.0503. The molecule has 39 heavy (non-hydrogen) atoms. The Kier molecular flexibility index (Phi) is 6.48. The summed E-state index contributed by atoms with van der Waals surface area (Å²) in [5, 5.41) is 51.1. The van der Waals surface area contributed by atoms with E-state index < -0.39 is 31.1 Å². The molecule has 4 atom stereocenters. The highest BCUT2D eigenvalue weighted by Crippen LogP contribution is 2.42. The third kappa shape index (κ3) is 4.31. The van der Waals surface area contributed by atoms with E-state index in [1.165, 1.54) is 10.9 Å². The number of nitrogens with two attached hydrogens (primary N) is 1. The average molecular weight is 595 g/mol. The molecule has 5 aromatic rings. The zero-order chi connectivity index (χ0) is 27.3. The number of aromatic nitrogens is 5. The van der Waals surface area contributed by atoms with E-state index in [9.17, 15) is 20.4 Å². The number of anilines is 1.